The summed E-state index contributed by atoms with van der Waals surface area (Å²) in [7, 11) is 2.07. The minimum atomic E-state index is 0. The average molecular weight is 429 g/mol. The van der Waals surface area contributed by atoms with E-state index in [4.69, 9.17) is 5.73 Å². The number of nitrogen functional groups attached to an aromatic ring is 1. The van der Waals surface area contributed by atoms with Crippen molar-refractivity contribution in [3.63, 3.8) is 0 Å². The minimum Gasteiger partial charge on any atom is -0.508 e. The molecule has 168 valence electrons. The first-order valence-corrected chi connectivity index (χ1v) is 10.6. The fourth-order valence-corrected chi connectivity index (χ4v) is 3.32. The molecule has 0 atom stereocenters. The maximum absolute atomic E-state index is 10.2. The van der Waals surface area contributed by atoms with Gasteiger partial charge in [-0.05, 0) is 31.3 Å². The van der Waals surface area contributed by atoms with Crippen LogP contribution >= 0.6 is 0 Å². The minimum absolute atomic E-state index is 0. The number of fused-ring (bicyclic) bond motifs is 1. The normalized spacial score (nSPS) is 16.2. The Morgan fingerprint density at radius 1 is 1.03 bits per heavy atom. The van der Waals surface area contributed by atoms with E-state index in [-0.39, 0.29) is 13.1 Å². The highest BCUT2D eigenvalue weighted by Gasteiger charge is 2.10. The molecule has 3 N–H and O–H groups in total. The first-order valence-electron chi connectivity index (χ1n) is 10.6. The van der Waals surface area contributed by atoms with Gasteiger partial charge in [0.05, 0.1) is 11.9 Å². The number of anilines is 1. The molecule has 1 aliphatic heterocycles. The van der Waals surface area contributed by atoms with Crippen molar-refractivity contribution >= 4 is 23.5 Å². The van der Waals surface area contributed by atoms with Crippen LogP contribution < -0.4 is 5.73 Å². The molecule has 1 amide bonds. The lowest BCUT2D eigenvalue weighted by Crippen LogP contribution is -2.43. The van der Waals surface area contributed by atoms with Crippen LogP contribution in [-0.2, 0) is 4.79 Å². The van der Waals surface area contributed by atoms with Gasteiger partial charge in [0.15, 0.2) is 11.2 Å². The van der Waals surface area contributed by atoms with Crippen molar-refractivity contribution in [1.82, 2.24) is 34.8 Å². The zero-order valence-electron chi connectivity index (χ0n) is 17.9. The molecule has 1 aromatic carbocycles. The van der Waals surface area contributed by atoms with Gasteiger partial charge in [-0.25, -0.2) is 4.98 Å². The first-order chi connectivity index (χ1) is 15.1. The largest absolute Gasteiger partial charge is 0.508 e. The number of carbonyl (C=O) groups is 1. The number of piperazine rings is 1. The number of hydrogen-bond acceptors (Lipinski definition) is 8. The van der Waals surface area contributed by atoms with E-state index >= 15 is 0 Å². The molecule has 2 aliphatic rings. The topological polar surface area (TPSA) is 126 Å². The number of nitrogens with zero attached hydrogens (tertiary/aromatic N) is 7. The molecule has 3 aromatic rings. The van der Waals surface area contributed by atoms with Crippen LogP contribution in [0.2, 0.25) is 0 Å². The fourth-order valence-electron chi connectivity index (χ4n) is 3.32. The van der Waals surface area contributed by atoms with E-state index in [0.717, 1.165) is 38.3 Å². The molecular weight excluding hydrogens is 396 g/mol. The van der Waals surface area contributed by atoms with Crippen LogP contribution in [0.25, 0.3) is 16.9 Å². The van der Waals surface area contributed by atoms with Crippen LogP contribution in [0, 0.1) is 0 Å². The number of likely N-dealkylation sites (N-methyl/N-ethyl adjacent to an activating group) is 1. The Kier molecular flexibility index (Phi) is 8.11. The van der Waals surface area contributed by atoms with Crippen LogP contribution in [0.1, 0.15) is 33.5 Å². The van der Waals surface area contributed by atoms with E-state index in [9.17, 15) is 9.90 Å². The summed E-state index contributed by atoms with van der Waals surface area (Å²) in [6, 6.07) is 6.55. The molecule has 1 saturated carbocycles. The molecular formula is C21H32N8O2. The number of aromatic hydroxyl groups is 1. The lowest BCUT2D eigenvalue weighted by molar-refractivity contribution is -0.119. The molecule has 0 bridgehead atoms. The third-order valence-corrected chi connectivity index (χ3v) is 5.24. The number of amides is 1. The Labute approximate surface area is 183 Å². The van der Waals surface area contributed by atoms with Crippen molar-refractivity contribution in [2.75, 3.05) is 39.0 Å². The monoisotopic (exact) mass is 428 g/mol. The summed E-state index contributed by atoms with van der Waals surface area (Å²) in [4.78, 5) is 22.1. The Hall–Kier alpha value is -3.27. The van der Waals surface area contributed by atoms with E-state index in [1.54, 1.807) is 29.2 Å². The predicted octanol–water partition coefficient (Wildman–Crippen LogP) is 2.08. The van der Waals surface area contributed by atoms with Gasteiger partial charge in [-0.2, -0.15) is 9.67 Å². The maximum Gasteiger partial charge on any atom is 0.222 e. The highest BCUT2D eigenvalue weighted by molar-refractivity contribution is 5.71. The number of hydrogen-bond donors (Lipinski definition) is 2. The summed E-state index contributed by atoms with van der Waals surface area (Å²) in [6.07, 6.45) is 9.94. The SMILES string of the molecule is C1CCCC1.CN1CCN(C=O)CC1.Nc1ncc2nnn(-c3ccc(O)cc3)c2n1.[HH]. The maximum atomic E-state index is 10.2. The van der Waals surface area contributed by atoms with Crippen molar-refractivity contribution in [2.45, 2.75) is 32.1 Å². The Bertz CT molecular complexity index is 946. The molecule has 31 heavy (non-hydrogen) atoms. The number of benzene rings is 1. The van der Waals surface area contributed by atoms with Crippen LogP contribution in [0.4, 0.5) is 5.95 Å². The number of carbonyl (C=O) groups excluding carboxylic acids is 1. The average Bonchev–Trinajstić information content (AvgIpc) is 3.49. The van der Waals surface area contributed by atoms with Crippen molar-refractivity contribution in [1.29, 1.82) is 0 Å². The van der Waals surface area contributed by atoms with Gasteiger partial charge < -0.3 is 20.6 Å². The molecule has 1 aliphatic carbocycles. The quantitative estimate of drug-likeness (QED) is 0.594. The highest BCUT2D eigenvalue weighted by Crippen LogP contribution is 2.17. The Balaban J connectivity index is 0.000000203. The molecule has 0 spiro atoms. The standard InChI is InChI=1S/C10H8N6O.C6H12N2O.C5H10.H2/c11-10-12-5-8-9(13-10)16(15-14-8)6-1-3-7(17)4-2-6;1-7-2-4-8(6-9)5-3-7;1-2-4-5-3-1;/h1-5,17H,(H2,11,12,13);6H,2-5H2,1H3;1-5H2;1H. The van der Waals surface area contributed by atoms with Gasteiger partial charge in [0, 0.05) is 27.6 Å². The van der Waals surface area contributed by atoms with E-state index in [1.165, 1.54) is 43.0 Å². The smallest absolute Gasteiger partial charge is 0.222 e. The molecule has 2 aromatic heterocycles. The molecule has 0 radical (unpaired) electrons. The summed E-state index contributed by atoms with van der Waals surface area (Å²) in [6.45, 7) is 3.80. The second-order valence-corrected chi connectivity index (χ2v) is 7.67. The van der Waals surface area contributed by atoms with E-state index < -0.39 is 0 Å². The van der Waals surface area contributed by atoms with E-state index in [1.807, 2.05) is 0 Å². The Morgan fingerprint density at radius 2 is 1.65 bits per heavy atom. The Morgan fingerprint density at radius 3 is 2.23 bits per heavy atom. The van der Waals surface area contributed by atoms with Crippen molar-refractivity contribution in [3.05, 3.63) is 30.5 Å². The van der Waals surface area contributed by atoms with Crippen LogP contribution in [-0.4, -0.2) is 79.5 Å². The van der Waals surface area contributed by atoms with Gasteiger partial charge in [0.25, 0.3) is 0 Å². The third-order valence-electron chi connectivity index (χ3n) is 5.24. The number of nitrogens with two attached hydrogens (primary N) is 1. The second-order valence-electron chi connectivity index (χ2n) is 7.67. The van der Waals surface area contributed by atoms with E-state index in [2.05, 4.69) is 32.2 Å². The van der Waals surface area contributed by atoms with E-state index in [0.29, 0.717) is 11.2 Å². The zero-order chi connectivity index (χ0) is 22.1. The van der Waals surface area contributed by atoms with Gasteiger partial charge >= 0.3 is 0 Å². The number of phenolic OH excluding ortho intramolecular Hbond substituents is 1. The second kappa shape index (κ2) is 11.2. The van der Waals surface area contributed by atoms with Gasteiger partial charge in [0.2, 0.25) is 12.4 Å². The third kappa shape index (κ3) is 6.61. The lowest BCUT2D eigenvalue weighted by atomic mass is 10.3. The molecule has 2 fully saturated rings. The molecule has 5 rings (SSSR count). The summed E-state index contributed by atoms with van der Waals surface area (Å²) < 4.78 is 1.53. The molecule has 10 nitrogen and oxygen atoms in total. The van der Waals surface area contributed by atoms with Crippen LogP contribution in [0.3, 0.4) is 0 Å². The van der Waals surface area contributed by atoms with Gasteiger partial charge in [-0.3, -0.25) is 4.79 Å². The lowest BCUT2D eigenvalue weighted by Gasteiger charge is -2.29. The van der Waals surface area contributed by atoms with Crippen LogP contribution in [0.5, 0.6) is 5.75 Å². The first kappa shape index (κ1) is 22.4. The van der Waals surface area contributed by atoms with Crippen LogP contribution in [0.15, 0.2) is 30.5 Å². The van der Waals surface area contributed by atoms with Crippen molar-refractivity contribution in [3.8, 4) is 11.4 Å². The number of aromatic nitrogens is 5. The summed E-state index contributed by atoms with van der Waals surface area (Å²) >= 11 is 0. The van der Waals surface area contributed by atoms with Gasteiger partial charge in [0.1, 0.15) is 5.75 Å². The van der Waals surface area contributed by atoms with Gasteiger partial charge in [-0.15, -0.1) is 5.10 Å². The molecule has 3 heterocycles. The molecule has 1 saturated heterocycles. The summed E-state index contributed by atoms with van der Waals surface area (Å²) in [5.41, 5.74) is 7.36. The van der Waals surface area contributed by atoms with Crippen molar-refractivity contribution < 1.29 is 11.3 Å². The summed E-state index contributed by atoms with van der Waals surface area (Å²) in [5, 5.41) is 17.1. The predicted molar refractivity (Wildman–Crippen MR) is 121 cm³/mol. The molecule has 0 unspecified atom stereocenters. The van der Waals surface area contributed by atoms with Crippen molar-refractivity contribution in [2.24, 2.45) is 0 Å². The number of phenols is 1. The van der Waals surface area contributed by atoms with Gasteiger partial charge in [-0.1, -0.05) is 37.3 Å². The highest BCUT2D eigenvalue weighted by atomic mass is 16.3. The zero-order valence-corrected chi connectivity index (χ0v) is 17.9. The molecule has 10 heteroatoms. The fraction of sp³-hybridized carbons (Fsp3) is 0.476. The summed E-state index contributed by atoms with van der Waals surface area (Å²) in [5.74, 6) is 0.354. The number of rotatable bonds is 2.